The van der Waals surface area contributed by atoms with Gasteiger partial charge in [-0.05, 0) is 44.6 Å². The highest BCUT2D eigenvalue weighted by Gasteiger charge is 2.25. The van der Waals surface area contributed by atoms with Gasteiger partial charge in [-0.25, -0.2) is 4.98 Å². The number of thioether (sulfide) groups is 1. The molecule has 6 heteroatoms. The quantitative estimate of drug-likeness (QED) is 0.461. The number of rotatable bonds is 5. The predicted octanol–water partition coefficient (Wildman–Crippen LogP) is 3.79. The van der Waals surface area contributed by atoms with E-state index in [1.807, 2.05) is 11.5 Å². The lowest BCUT2D eigenvalue weighted by atomic mass is 10.2. The van der Waals surface area contributed by atoms with Crippen molar-refractivity contribution in [2.24, 2.45) is 0 Å². The molecule has 1 aliphatic heterocycles. The third-order valence-corrected chi connectivity index (χ3v) is 7.04. The standard InChI is InChI=1S/C18H22N2O2S2/c1-11(2)10-23-18-19-16-15(13-6-3-7-14(13)24-16)17(21)20(18)9-12-5-4-8-22-12/h12H,1,3-10H2,2H3/t12-/m0/s1. The van der Waals surface area contributed by atoms with Crippen LogP contribution < -0.4 is 5.56 Å². The minimum atomic E-state index is 0.124. The molecule has 4 nitrogen and oxygen atoms in total. The molecule has 0 amide bonds. The summed E-state index contributed by atoms with van der Waals surface area (Å²) in [6, 6.07) is 0. The Labute approximate surface area is 149 Å². The molecule has 4 rings (SSSR count). The molecular formula is C18H22N2O2S2. The average Bonchev–Trinajstić information content (AvgIpc) is 3.24. The van der Waals surface area contributed by atoms with Crippen LogP contribution in [0.25, 0.3) is 10.2 Å². The van der Waals surface area contributed by atoms with Crippen molar-refractivity contribution >= 4 is 33.3 Å². The Morgan fingerprint density at radius 3 is 3.08 bits per heavy atom. The van der Waals surface area contributed by atoms with Crippen LogP contribution >= 0.6 is 23.1 Å². The second-order valence-corrected chi connectivity index (χ2v) is 8.75. The van der Waals surface area contributed by atoms with Gasteiger partial charge in [-0.1, -0.05) is 23.9 Å². The molecule has 2 aliphatic rings. The highest BCUT2D eigenvalue weighted by Crippen LogP contribution is 2.35. The highest BCUT2D eigenvalue weighted by molar-refractivity contribution is 7.99. The van der Waals surface area contributed by atoms with Gasteiger partial charge in [-0.3, -0.25) is 9.36 Å². The zero-order valence-corrected chi connectivity index (χ0v) is 15.6. The SMILES string of the molecule is C=C(C)CSc1nc2sc3c(c2c(=O)n1C[C@@H]1CCCO1)CCC3. The first-order valence-corrected chi connectivity index (χ1v) is 10.4. The Morgan fingerprint density at radius 2 is 2.33 bits per heavy atom. The monoisotopic (exact) mass is 362 g/mol. The largest absolute Gasteiger partial charge is 0.376 e. The molecule has 0 N–H and O–H groups in total. The molecule has 0 aromatic carbocycles. The van der Waals surface area contributed by atoms with Gasteiger partial charge in [0.05, 0.1) is 18.0 Å². The number of nitrogens with zero attached hydrogens (tertiary/aromatic N) is 2. The van der Waals surface area contributed by atoms with E-state index < -0.39 is 0 Å². The van der Waals surface area contributed by atoms with Crippen molar-refractivity contribution in [2.75, 3.05) is 12.4 Å². The molecule has 3 heterocycles. The lowest BCUT2D eigenvalue weighted by molar-refractivity contribution is 0.0937. The molecular weight excluding hydrogens is 340 g/mol. The van der Waals surface area contributed by atoms with Gasteiger partial charge in [0.2, 0.25) is 0 Å². The summed E-state index contributed by atoms with van der Waals surface area (Å²) < 4.78 is 7.63. The number of ether oxygens (including phenoxy) is 1. The first kappa shape index (κ1) is 16.4. The zero-order chi connectivity index (χ0) is 16.7. The van der Waals surface area contributed by atoms with Crippen LogP contribution in [0.1, 0.15) is 36.6 Å². The van der Waals surface area contributed by atoms with Gasteiger partial charge < -0.3 is 4.74 Å². The van der Waals surface area contributed by atoms with E-state index >= 15 is 0 Å². The fraction of sp³-hybridized carbons (Fsp3) is 0.556. The van der Waals surface area contributed by atoms with Gasteiger partial charge in [0.1, 0.15) is 4.83 Å². The first-order chi connectivity index (χ1) is 11.6. The number of aromatic nitrogens is 2. The average molecular weight is 363 g/mol. The van der Waals surface area contributed by atoms with Crippen molar-refractivity contribution in [2.45, 2.75) is 56.8 Å². The molecule has 0 radical (unpaired) electrons. The maximum Gasteiger partial charge on any atom is 0.263 e. The fourth-order valence-corrected chi connectivity index (χ4v) is 5.66. The maximum atomic E-state index is 13.2. The molecule has 0 bridgehead atoms. The number of hydrogen-bond donors (Lipinski definition) is 0. The van der Waals surface area contributed by atoms with Crippen molar-refractivity contribution in [1.82, 2.24) is 9.55 Å². The molecule has 24 heavy (non-hydrogen) atoms. The maximum absolute atomic E-state index is 13.2. The zero-order valence-electron chi connectivity index (χ0n) is 14.0. The van der Waals surface area contributed by atoms with Crippen molar-refractivity contribution in [3.05, 3.63) is 32.9 Å². The van der Waals surface area contributed by atoms with E-state index in [0.29, 0.717) is 6.54 Å². The van der Waals surface area contributed by atoms with Crippen LogP contribution in [0.2, 0.25) is 0 Å². The van der Waals surface area contributed by atoms with Crippen LogP contribution in [0.5, 0.6) is 0 Å². The number of hydrogen-bond acceptors (Lipinski definition) is 5. The van der Waals surface area contributed by atoms with Gasteiger partial charge in [0.25, 0.3) is 5.56 Å². The van der Waals surface area contributed by atoms with E-state index in [0.717, 1.165) is 65.4 Å². The molecule has 0 spiro atoms. The molecule has 1 aliphatic carbocycles. The summed E-state index contributed by atoms with van der Waals surface area (Å²) in [5.74, 6) is 0.786. The summed E-state index contributed by atoms with van der Waals surface area (Å²) in [5.41, 5.74) is 2.47. The lowest BCUT2D eigenvalue weighted by Crippen LogP contribution is -2.29. The minimum absolute atomic E-state index is 0.124. The highest BCUT2D eigenvalue weighted by atomic mass is 32.2. The van der Waals surface area contributed by atoms with Crippen molar-refractivity contribution < 1.29 is 4.74 Å². The van der Waals surface area contributed by atoms with Gasteiger partial charge in [0.15, 0.2) is 5.16 Å². The summed E-state index contributed by atoms with van der Waals surface area (Å²) in [6.45, 7) is 7.40. The smallest absolute Gasteiger partial charge is 0.263 e. The van der Waals surface area contributed by atoms with Crippen LogP contribution in [0.3, 0.4) is 0 Å². The van der Waals surface area contributed by atoms with E-state index in [2.05, 4.69) is 6.58 Å². The molecule has 1 saturated heterocycles. The molecule has 0 saturated carbocycles. The van der Waals surface area contributed by atoms with Crippen LogP contribution in [0.15, 0.2) is 22.1 Å². The van der Waals surface area contributed by atoms with Crippen LogP contribution in [-0.4, -0.2) is 28.0 Å². The summed E-state index contributed by atoms with van der Waals surface area (Å²) in [5, 5.41) is 1.68. The molecule has 128 valence electrons. The number of fused-ring (bicyclic) bond motifs is 3. The normalized spacial score (nSPS) is 20.0. The second kappa shape index (κ2) is 6.65. The summed E-state index contributed by atoms with van der Waals surface area (Å²) in [7, 11) is 0. The third kappa shape index (κ3) is 2.95. The van der Waals surface area contributed by atoms with Crippen LogP contribution in [-0.2, 0) is 24.1 Å². The number of thiophene rings is 1. The Bertz CT molecular complexity index is 847. The van der Waals surface area contributed by atoms with Gasteiger partial charge >= 0.3 is 0 Å². The lowest BCUT2D eigenvalue weighted by Gasteiger charge is -2.16. The van der Waals surface area contributed by atoms with E-state index in [1.165, 1.54) is 10.4 Å². The van der Waals surface area contributed by atoms with Crippen molar-refractivity contribution in [1.29, 1.82) is 0 Å². The van der Waals surface area contributed by atoms with Crippen LogP contribution in [0.4, 0.5) is 0 Å². The summed E-state index contributed by atoms with van der Waals surface area (Å²) in [6.07, 6.45) is 5.51. The summed E-state index contributed by atoms with van der Waals surface area (Å²) >= 11 is 3.32. The van der Waals surface area contributed by atoms with Crippen molar-refractivity contribution in [3.63, 3.8) is 0 Å². The molecule has 2 aromatic heterocycles. The summed E-state index contributed by atoms with van der Waals surface area (Å²) in [4.78, 5) is 20.4. The van der Waals surface area contributed by atoms with Gasteiger partial charge in [-0.2, -0.15) is 0 Å². The van der Waals surface area contributed by atoms with Crippen LogP contribution in [0, 0.1) is 0 Å². The predicted molar refractivity (Wildman–Crippen MR) is 100 cm³/mol. The van der Waals surface area contributed by atoms with E-state index in [4.69, 9.17) is 9.72 Å². The van der Waals surface area contributed by atoms with Gasteiger partial charge in [0, 0.05) is 17.2 Å². The minimum Gasteiger partial charge on any atom is -0.376 e. The second-order valence-electron chi connectivity index (χ2n) is 6.73. The Balaban J connectivity index is 1.81. The third-order valence-electron chi connectivity index (χ3n) is 4.65. The topological polar surface area (TPSA) is 44.1 Å². The molecule has 0 unspecified atom stereocenters. The molecule has 1 atom stereocenters. The molecule has 2 aromatic rings. The number of aryl methyl sites for hydroxylation is 2. The Kier molecular flexibility index (Phi) is 4.54. The first-order valence-electron chi connectivity index (χ1n) is 8.57. The Hall–Kier alpha value is -1.11. The van der Waals surface area contributed by atoms with E-state index in [9.17, 15) is 4.79 Å². The van der Waals surface area contributed by atoms with Crippen molar-refractivity contribution in [3.8, 4) is 0 Å². The fourth-order valence-electron chi connectivity index (χ4n) is 3.51. The van der Waals surface area contributed by atoms with E-state index in [1.54, 1.807) is 23.1 Å². The molecule has 1 fully saturated rings. The van der Waals surface area contributed by atoms with Gasteiger partial charge in [-0.15, -0.1) is 11.3 Å². The van der Waals surface area contributed by atoms with E-state index in [-0.39, 0.29) is 11.7 Å². The Morgan fingerprint density at radius 1 is 1.46 bits per heavy atom.